The van der Waals surface area contributed by atoms with Crippen LogP contribution in [0.25, 0.3) is 5.57 Å². The number of anilines is 2. The molecule has 2 aromatic carbocycles. The van der Waals surface area contributed by atoms with E-state index in [1.54, 1.807) is 49.6 Å². The fraction of sp³-hybridized carbons (Fsp3) is 0.158. The molecule has 0 saturated heterocycles. The number of ether oxygens (including phenoxy) is 1. The van der Waals surface area contributed by atoms with Gasteiger partial charge in [0.1, 0.15) is 10.8 Å². The van der Waals surface area contributed by atoms with Crippen molar-refractivity contribution in [1.29, 1.82) is 0 Å². The zero-order chi connectivity index (χ0) is 18.1. The Bertz CT molecular complexity index is 872. The molecule has 0 spiro atoms. The van der Waals surface area contributed by atoms with Crippen molar-refractivity contribution in [3.05, 3.63) is 59.1 Å². The highest BCUT2D eigenvalue weighted by molar-refractivity contribution is 6.60. The average Bonchev–Trinajstić information content (AvgIpc) is 2.84. The van der Waals surface area contributed by atoms with E-state index in [4.69, 9.17) is 16.3 Å². The van der Waals surface area contributed by atoms with Crippen LogP contribution < -0.4 is 14.5 Å². The minimum absolute atomic E-state index is 0.0783. The van der Waals surface area contributed by atoms with E-state index in [1.807, 2.05) is 25.1 Å². The van der Waals surface area contributed by atoms with Gasteiger partial charge < -0.3 is 9.64 Å². The molecule has 0 aliphatic carbocycles. The monoisotopic (exact) mass is 356 g/mol. The van der Waals surface area contributed by atoms with E-state index in [9.17, 15) is 9.59 Å². The van der Waals surface area contributed by atoms with Gasteiger partial charge in [0.2, 0.25) is 0 Å². The second-order valence-electron chi connectivity index (χ2n) is 5.78. The van der Waals surface area contributed by atoms with Crippen molar-refractivity contribution in [2.45, 2.75) is 0 Å². The topological polar surface area (TPSA) is 49.9 Å². The number of hydrogen-bond acceptors (Lipinski definition) is 4. The predicted octanol–water partition coefficient (Wildman–Crippen LogP) is 3.28. The van der Waals surface area contributed by atoms with Crippen LogP contribution in [0.2, 0.25) is 0 Å². The number of amides is 2. The van der Waals surface area contributed by atoms with Gasteiger partial charge in [-0.1, -0.05) is 29.8 Å². The first kappa shape index (κ1) is 17.0. The first-order chi connectivity index (χ1) is 11.9. The molecule has 3 rings (SSSR count). The summed E-state index contributed by atoms with van der Waals surface area (Å²) >= 11 is 6.20. The molecule has 5 nitrogen and oxygen atoms in total. The number of carbonyl (C=O) groups is 2. The molecule has 0 aromatic heterocycles. The highest BCUT2D eigenvalue weighted by Crippen LogP contribution is 2.36. The fourth-order valence-corrected chi connectivity index (χ4v) is 2.93. The van der Waals surface area contributed by atoms with Crippen LogP contribution >= 0.6 is 11.6 Å². The maximum Gasteiger partial charge on any atom is 0.277 e. The smallest absolute Gasteiger partial charge is 0.277 e. The largest absolute Gasteiger partial charge is 0.497 e. The van der Waals surface area contributed by atoms with E-state index in [0.29, 0.717) is 17.0 Å². The lowest BCUT2D eigenvalue weighted by Crippen LogP contribution is -2.31. The zero-order valence-electron chi connectivity index (χ0n) is 14.1. The van der Waals surface area contributed by atoms with Crippen molar-refractivity contribution in [3.63, 3.8) is 0 Å². The Hall–Kier alpha value is -2.79. The van der Waals surface area contributed by atoms with Gasteiger partial charge >= 0.3 is 0 Å². The van der Waals surface area contributed by atoms with Crippen LogP contribution in [0.3, 0.4) is 0 Å². The van der Waals surface area contributed by atoms with Crippen molar-refractivity contribution in [3.8, 4) is 5.75 Å². The molecule has 0 saturated carbocycles. The number of imide groups is 1. The van der Waals surface area contributed by atoms with E-state index < -0.39 is 11.8 Å². The van der Waals surface area contributed by atoms with E-state index in [0.717, 1.165) is 10.6 Å². The second kappa shape index (κ2) is 6.61. The standard InChI is InChI=1S/C19H17ClN2O3/c1-21(2)13-5-4-6-14(11-13)22-18(23)16(17(20)19(22)24)12-7-9-15(25-3)10-8-12/h4-11H,1-3H3. The van der Waals surface area contributed by atoms with Crippen LogP contribution in [-0.2, 0) is 9.59 Å². The Balaban J connectivity index is 2.00. The molecular formula is C19H17ClN2O3. The average molecular weight is 357 g/mol. The molecule has 0 N–H and O–H groups in total. The number of methoxy groups -OCH3 is 1. The van der Waals surface area contributed by atoms with Crippen LogP contribution in [0, 0.1) is 0 Å². The summed E-state index contributed by atoms with van der Waals surface area (Å²) in [5.41, 5.74) is 2.15. The van der Waals surface area contributed by atoms with Crippen molar-refractivity contribution >= 4 is 40.4 Å². The Morgan fingerprint density at radius 2 is 1.68 bits per heavy atom. The predicted molar refractivity (Wildman–Crippen MR) is 99.0 cm³/mol. The van der Waals surface area contributed by atoms with Crippen LogP contribution in [0.1, 0.15) is 5.56 Å². The molecule has 2 aromatic rings. The lowest BCUT2D eigenvalue weighted by Gasteiger charge is -2.18. The molecule has 1 aliphatic heterocycles. The summed E-state index contributed by atoms with van der Waals surface area (Å²) in [7, 11) is 5.34. The number of halogens is 1. The summed E-state index contributed by atoms with van der Waals surface area (Å²) in [4.78, 5) is 28.5. The molecule has 6 heteroatoms. The van der Waals surface area contributed by atoms with Gasteiger partial charge in [-0.3, -0.25) is 9.59 Å². The molecule has 0 bridgehead atoms. The number of hydrogen-bond donors (Lipinski definition) is 0. The van der Waals surface area contributed by atoms with E-state index >= 15 is 0 Å². The first-order valence-corrected chi connectivity index (χ1v) is 8.02. The first-order valence-electron chi connectivity index (χ1n) is 7.64. The van der Waals surface area contributed by atoms with Crippen LogP contribution in [0.15, 0.2) is 53.6 Å². The summed E-state index contributed by atoms with van der Waals surface area (Å²) in [6.07, 6.45) is 0. The van der Waals surface area contributed by atoms with Crippen molar-refractivity contribution in [1.82, 2.24) is 0 Å². The molecule has 0 radical (unpaired) electrons. The van der Waals surface area contributed by atoms with Crippen LogP contribution in [-0.4, -0.2) is 33.0 Å². The molecule has 1 heterocycles. The minimum Gasteiger partial charge on any atom is -0.497 e. The molecule has 0 fully saturated rings. The maximum atomic E-state index is 12.9. The third-order valence-corrected chi connectivity index (χ3v) is 4.36. The molecule has 2 amide bonds. The molecule has 0 atom stereocenters. The molecule has 0 unspecified atom stereocenters. The van der Waals surface area contributed by atoms with E-state index in [2.05, 4.69) is 0 Å². The van der Waals surface area contributed by atoms with E-state index in [1.165, 1.54) is 0 Å². The van der Waals surface area contributed by atoms with Gasteiger partial charge in [-0.05, 0) is 35.9 Å². The third kappa shape index (κ3) is 2.98. The number of nitrogens with zero attached hydrogens (tertiary/aromatic N) is 2. The van der Waals surface area contributed by atoms with Gasteiger partial charge in [0.15, 0.2) is 0 Å². The summed E-state index contributed by atoms with van der Waals surface area (Å²) < 4.78 is 5.12. The number of carbonyl (C=O) groups excluding carboxylic acids is 2. The Morgan fingerprint density at radius 3 is 2.28 bits per heavy atom. The maximum absolute atomic E-state index is 12.9. The molecular weight excluding hydrogens is 340 g/mol. The highest BCUT2D eigenvalue weighted by atomic mass is 35.5. The van der Waals surface area contributed by atoms with E-state index in [-0.39, 0.29) is 10.6 Å². The van der Waals surface area contributed by atoms with Gasteiger partial charge in [-0.25, -0.2) is 4.90 Å². The summed E-state index contributed by atoms with van der Waals surface area (Å²) in [5, 5.41) is -0.0783. The fourth-order valence-electron chi connectivity index (χ4n) is 2.66. The minimum atomic E-state index is -0.520. The lowest BCUT2D eigenvalue weighted by atomic mass is 10.1. The van der Waals surface area contributed by atoms with Gasteiger partial charge in [-0.15, -0.1) is 0 Å². The van der Waals surface area contributed by atoms with Gasteiger partial charge in [-0.2, -0.15) is 0 Å². The SMILES string of the molecule is COc1ccc(C2=C(Cl)C(=O)N(c3cccc(N(C)C)c3)C2=O)cc1. The normalized spacial score (nSPS) is 14.3. The summed E-state index contributed by atoms with van der Waals surface area (Å²) in [5.74, 6) is -0.294. The summed E-state index contributed by atoms with van der Waals surface area (Å²) in [6.45, 7) is 0. The quantitative estimate of drug-likeness (QED) is 0.789. The number of rotatable bonds is 4. The van der Waals surface area contributed by atoms with Crippen LogP contribution in [0.4, 0.5) is 11.4 Å². The summed E-state index contributed by atoms with van der Waals surface area (Å²) in [6, 6.07) is 14.0. The highest BCUT2D eigenvalue weighted by Gasteiger charge is 2.39. The van der Waals surface area contributed by atoms with Gasteiger partial charge in [0.05, 0.1) is 18.4 Å². The Morgan fingerprint density at radius 1 is 1.00 bits per heavy atom. The Kier molecular flexibility index (Phi) is 4.51. The van der Waals surface area contributed by atoms with Crippen LogP contribution in [0.5, 0.6) is 5.75 Å². The zero-order valence-corrected chi connectivity index (χ0v) is 14.9. The molecule has 25 heavy (non-hydrogen) atoms. The molecule has 1 aliphatic rings. The Labute approximate surface area is 151 Å². The number of benzene rings is 2. The van der Waals surface area contributed by atoms with Crippen molar-refractivity contribution < 1.29 is 14.3 Å². The second-order valence-corrected chi connectivity index (χ2v) is 6.16. The third-order valence-electron chi connectivity index (χ3n) is 4.01. The van der Waals surface area contributed by atoms with Gasteiger partial charge in [0.25, 0.3) is 11.8 Å². The lowest BCUT2D eigenvalue weighted by molar-refractivity contribution is -0.119. The van der Waals surface area contributed by atoms with Gasteiger partial charge in [0, 0.05) is 19.8 Å². The van der Waals surface area contributed by atoms with Crippen molar-refractivity contribution in [2.75, 3.05) is 31.0 Å². The molecule has 128 valence electrons. The van der Waals surface area contributed by atoms with Crippen molar-refractivity contribution in [2.24, 2.45) is 0 Å².